The number of halogens is 2. The van der Waals surface area contributed by atoms with Crippen molar-refractivity contribution in [2.45, 2.75) is 19.6 Å². The van der Waals surface area contributed by atoms with Crippen LogP contribution in [0.15, 0.2) is 65.1 Å². The van der Waals surface area contributed by atoms with Crippen LogP contribution in [0.3, 0.4) is 0 Å². The van der Waals surface area contributed by atoms with Gasteiger partial charge in [0.1, 0.15) is 18.2 Å². The van der Waals surface area contributed by atoms with Crippen LogP contribution in [0.2, 0.25) is 0 Å². The molecule has 0 saturated heterocycles. The van der Waals surface area contributed by atoms with E-state index in [9.17, 15) is 4.39 Å². The summed E-state index contributed by atoms with van der Waals surface area (Å²) in [6, 6.07) is 18.3. The van der Waals surface area contributed by atoms with Gasteiger partial charge in [0, 0.05) is 6.54 Å². The molecular weight excluding hydrogens is 449 g/mol. The van der Waals surface area contributed by atoms with Crippen molar-refractivity contribution < 1.29 is 18.6 Å². The Bertz CT molecular complexity index is 963. The lowest BCUT2D eigenvalue weighted by Gasteiger charge is -2.15. The number of para-hydroxylation sites is 1. The van der Waals surface area contributed by atoms with Crippen LogP contribution in [-0.4, -0.2) is 20.8 Å². The first-order valence-electron chi connectivity index (χ1n) is 9.67. The van der Waals surface area contributed by atoms with Gasteiger partial charge in [0.2, 0.25) is 0 Å². The molecule has 0 spiro atoms. The quantitative estimate of drug-likeness (QED) is 0.393. The molecule has 6 heteroatoms. The highest BCUT2D eigenvalue weighted by atomic mass is 79.9. The molecule has 4 nitrogen and oxygen atoms in total. The van der Waals surface area contributed by atoms with E-state index in [1.165, 1.54) is 17.7 Å². The van der Waals surface area contributed by atoms with Gasteiger partial charge in [0.05, 0.1) is 18.7 Å². The number of hydrogen-bond donors (Lipinski definition) is 1. The first-order chi connectivity index (χ1) is 14.6. The van der Waals surface area contributed by atoms with Crippen LogP contribution in [0.25, 0.3) is 0 Å². The predicted octanol–water partition coefficient (Wildman–Crippen LogP) is 5.52. The summed E-state index contributed by atoms with van der Waals surface area (Å²) in [6.07, 6.45) is 0.876. The van der Waals surface area contributed by atoms with E-state index in [1.807, 2.05) is 30.3 Å². The van der Waals surface area contributed by atoms with Crippen molar-refractivity contribution in [3.05, 3.63) is 87.6 Å². The van der Waals surface area contributed by atoms with Crippen LogP contribution in [0.1, 0.15) is 16.7 Å². The molecule has 0 unspecified atom stereocenters. The zero-order valence-corrected chi connectivity index (χ0v) is 18.7. The molecule has 0 aliphatic carbocycles. The highest BCUT2D eigenvalue weighted by Crippen LogP contribution is 2.37. The van der Waals surface area contributed by atoms with Gasteiger partial charge in [-0.25, -0.2) is 4.39 Å². The Morgan fingerprint density at radius 3 is 2.37 bits per heavy atom. The summed E-state index contributed by atoms with van der Waals surface area (Å²) in [5, 5.41) is 3.45. The van der Waals surface area contributed by atoms with E-state index in [0.29, 0.717) is 24.7 Å². The molecule has 0 saturated carbocycles. The second-order valence-electron chi connectivity index (χ2n) is 6.76. The van der Waals surface area contributed by atoms with Crippen molar-refractivity contribution in [3.63, 3.8) is 0 Å². The Labute approximate surface area is 185 Å². The van der Waals surface area contributed by atoms with E-state index in [0.717, 1.165) is 34.3 Å². The topological polar surface area (TPSA) is 39.7 Å². The molecule has 3 rings (SSSR count). The smallest absolute Gasteiger partial charge is 0.175 e. The minimum Gasteiger partial charge on any atom is -0.496 e. The fourth-order valence-electron chi connectivity index (χ4n) is 3.12. The van der Waals surface area contributed by atoms with Gasteiger partial charge < -0.3 is 19.5 Å². The zero-order valence-electron chi connectivity index (χ0n) is 17.1. The highest BCUT2D eigenvalue weighted by Gasteiger charge is 2.12. The van der Waals surface area contributed by atoms with Crippen LogP contribution < -0.4 is 19.5 Å². The maximum Gasteiger partial charge on any atom is 0.175 e. The van der Waals surface area contributed by atoms with Crippen LogP contribution >= 0.6 is 15.9 Å². The molecule has 158 valence electrons. The molecule has 0 radical (unpaired) electrons. The van der Waals surface area contributed by atoms with Gasteiger partial charge in [0.25, 0.3) is 0 Å². The molecule has 3 aromatic rings. The molecule has 0 aliphatic heterocycles. The van der Waals surface area contributed by atoms with Crippen molar-refractivity contribution in [2.24, 2.45) is 0 Å². The fourth-order valence-corrected chi connectivity index (χ4v) is 3.72. The Balaban J connectivity index is 1.58. The summed E-state index contributed by atoms with van der Waals surface area (Å²) in [5.74, 6) is 1.92. The average molecular weight is 474 g/mol. The lowest BCUT2D eigenvalue weighted by molar-refractivity contribution is 0.282. The molecule has 30 heavy (non-hydrogen) atoms. The van der Waals surface area contributed by atoms with Crippen LogP contribution in [0, 0.1) is 5.82 Å². The Hall–Kier alpha value is -2.57. The molecular formula is C24H25BrFNO3. The van der Waals surface area contributed by atoms with Gasteiger partial charge in [-0.2, -0.15) is 0 Å². The van der Waals surface area contributed by atoms with E-state index in [1.54, 1.807) is 26.4 Å². The molecule has 0 atom stereocenters. The Kier molecular flexibility index (Phi) is 8.11. The molecule has 0 amide bonds. The monoisotopic (exact) mass is 473 g/mol. The van der Waals surface area contributed by atoms with Gasteiger partial charge in [-0.3, -0.25) is 0 Å². The normalized spacial score (nSPS) is 10.7. The van der Waals surface area contributed by atoms with E-state index in [4.69, 9.17) is 14.2 Å². The van der Waals surface area contributed by atoms with Crippen molar-refractivity contribution in [1.29, 1.82) is 0 Å². The SMILES string of the molecule is COc1ccccc1CCNCc1cc(Br)c(OCc2ccc(F)cc2)c(OC)c1. The van der Waals surface area contributed by atoms with Crippen molar-refractivity contribution >= 4 is 15.9 Å². The Morgan fingerprint density at radius 2 is 1.63 bits per heavy atom. The summed E-state index contributed by atoms with van der Waals surface area (Å²) in [6.45, 7) is 1.84. The summed E-state index contributed by atoms with van der Waals surface area (Å²) < 4.78 is 30.7. The first-order valence-corrected chi connectivity index (χ1v) is 10.5. The van der Waals surface area contributed by atoms with Gasteiger partial charge in [-0.15, -0.1) is 0 Å². The molecule has 0 bridgehead atoms. The minimum absolute atomic E-state index is 0.264. The third kappa shape index (κ3) is 5.97. The maximum absolute atomic E-state index is 13.1. The van der Waals surface area contributed by atoms with E-state index in [2.05, 4.69) is 27.3 Å². The lowest BCUT2D eigenvalue weighted by atomic mass is 10.1. The zero-order chi connectivity index (χ0) is 21.3. The molecule has 0 heterocycles. The molecule has 3 aromatic carbocycles. The molecule has 0 fully saturated rings. The second kappa shape index (κ2) is 11.0. The van der Waals surface area contributed by atoms with Gasteiger partial charge >= 0.3 is 0 Å². The van der Waals surface area contributed by atoms with Gasteiger partial charge in [-0.05, 0) is 75.9 Å². The third-order valence-corrected chi connectivity index (χ3v) is 5.27. The van der Waals surface area contributed by atoms with Crippen molar-refractivity contribution in [2.75, 3.05) is 20.8 Å². The molecule has 0 aliphatic rings. The highest BCUT2D eigenvalue weighted by molar-refractivity contribution is 9.10. The van der Waals surface area contributed by atoms with Crippen molar-refractivity contribution in [3.8, 4) is 17.2 Å². The third-order valence-electron chi connectivity index (χ3n) is 4.68. The van der Waals surface area contributed by atoms with Crippen LogP contribution in [0.5, 0.6) is 17.2 Å². The fraction of sp³-hybridized carbons (Fsp3) is 0.250. The van der Waals surface area contributed by atoms with Crippen LogP contribution in [0.4, 0.5) is 4.39 Å². The van der Waals surface area contributed by atoms with Crippen LogP contribution in [-0.2, 0) is 19.6 Å². The standard InChI is InChI=1S/C24H25BrFNO3/c1-28-22-6-4-3-5-19(22)11-12-27-15-18-13-21(25)24(23(14-18)29-2)30-16-17-7-9-20(26)10-8-17/h3-10,13-14,27H,11-12,15-16H2,1-2H3. The first kappa shape index (κ1) is 22.1. The largest absolute Gasteiger partial charge is 0.496 e. The number of nitrogens with one attached hydrogen (secondary N) is 1. The van der Waals surface area contributed by atoms with E-state index in [-0.39, 0.29) is 5.82 Å². The predicted molar refractivity (Wildman–Crippen MR) is 120 cm³/mol. The average Bonchev–Trinajstić information content (AvgIpc) is 2.77. The second-order valence-corrected chi connectivity index (χ2v) is 7.62. The number of benzene rings is 3. The van der Waals surface area contributed by atoms with Crippen molar-refractivity contribution in [1.82, 2.24) is 5.32 Å². The van der Waals surface area contributed by atoms with E-state index < -0.39 is 0 Å². The van der Waals surface area contributed by atoms with Gasteiger partial charge in [0.15, 0.2) is 11.5 Å². The number of rotatable bonds is 10. The Morgan fingerprint density at radius 1 is 0.900 bits per heavy atom. The molecule has 0 aromatic heterocycles. The summed E-state index contributed by atoms with van der Waals surface area (Å²) in [5.41, 5.74) is 3.14. The number of ether oxygens (including phenoxy) is 3. The minimum atomic E-state index is -0.264. The van der Waals surface area contributed by atoms with Gasteiger partial charge in [-0.1, -0.05) is 30.3 Å². The maximum atomic E-state index is 13.1. The number of hydrogen-bond acceptors (Lipinski definition) is 4. The lowest BCUT2D eigenvalue weighted by Crippen LogP contribution is -2.17. The summed E-state index contributed by atoms with van der Waals surface area (Å²) >= 11 is 3.58. The molecule has 1 N–H and O–H groups in total. The summed E-state index contributed by atoms with van der Waals surface area (Å²) in [7, 11) is 3.31. The summed E-state index contributed by atoms with van der Waals surface area (Å²) in [4.78, 5) is 0. The number of methoxy groups -OCH3 is 2. The van der Waals surface area contributed by atoms with E-state index >= 15 is 0 Å².